The molecule has 0 bridgehead atoms. The largest absolute Gasteiger partial charge is 0.398 e. The Morgan fingerprint density at radius 3 is 2.86 bits per heavy atom. The zero-order valence-corrected chi connectivity index (χ0v) is 11.8. The van der Waals surface area contributed by atoms with Crippen LogP contribution in [0, 0.1) is 0 Å². The van der Waals surface area contributed by atoms with Crippen molar-refractivity contribution in [3.63, 3.8) is 0 Å². The van der Waals surface area contributed by atoms with Crippen molar-refractivity contribution in [1.82, 2.24) is 9.97 Å². The lowest BCUT2D eigenvalue weighted by molar-refractivity contribution is 0.0988. The summed E-state index contributed by atoms with van der Waals surface area (Å²) < 4.78 is 0. The number of pyridine rings is 2. The number of anilines is 1. The predicted octanol–water partition coefficient (Wildman–Crippen LogP) is 3.29. The number of nitrogens with two attached hydrogens (primary N) is 1. The van der Waals surface area contributed by atoms with Gasteiger partial charge in [0.05, 0.1) is 10.5 Å². The summed E-state index contributed by atoms with van der Waals surface area (Å²) in [6.45, 7) is 0. The molecule has 0 aliphatic carbocycles. The summed E-state index contributed by atoms with van der Waals surface area (Å²) >= 11 is 6.02. The number of benzene rings is 1. The Morgan fingerprint density at radius 1 is 1.24 bits per heavy atom. The van der Waals surface area contributed by atoms with Crippen molar-refractivity contribution in [2.45, 2.75) is 6.42 Å². The van der Waals surface area contributed by atoms with Gasteiger partial charge in [0, 0.05) is 29.9 Å². The molecule has 104 valence electrons. The highest BCUT2D eigenvalue weighted by Crippen LogP contribution is 2.22. The minimum atomic E-state index is -0.124. The molecule has 0 atom stereocenters. The molecule has 0 aliphatic rings. The number of hydrogen-bond acceptors (Lipinski definition) is 4. The number of nitrogen functional groups attached to an aromatic ring is 1. The van der Waals surface area contributed by atoms with Crippen LogP contribution in [0.4, 0.5) is 5.69 Å². The van der Waals surface area contributed by atoms with Crippen LogP contribution >= 0.6 is 11.6 Å². The Labute approximate surface area is 126 Å². The van der Waals surface area contributed by atoms with E-state index in [2.05, 4.69) is 9.97 Å². The highest BCUT2D eigenvalue weighted by Gasteiger charge is 2.13. The summed E-state index contributed by atoms with van der Waals surface area (Å²) in [7, 11) is 0. The number of ketones is 1. The van der Waals surface area contributed by atoms with Crippen LogP contribution in [0.5, 0.6) is 0 Å². The first-order chi connectivity index (χ1) is 10.1. The molecular weight excluding hydrogens is 286 g/mol. The van der Waals surface area contributed by atoms with Crippen LogP contribution < -0.4 is 5.73 Å². The molecule has 2 aromatic heterocycles. The Hall–Kier alpha value is -2.46. The summed E-state index contributed by atoms with van der Waals surface area (Å²) in [5, 5.41) is 1.32. The van der Waals surface area contributed by atoms with Crippen molar-refractivity contribution < 1.29 is 4.79 Å². The van der Waals surface area contributed by atoms with Crippen LogP contribution in [-0.2, 0) is 6.42 Å². The maximum atomic E-state index is 12.4. The van der Waals surface area contributed by atoms with E-state index in [0.29, 0.717) is 21.9 Å². The Kier molecular flexibility index (Phi) is 3.54. The molecule has 21 heavy (non-hydrogen) atoms. The molecule has 2 heterocycles. The molecular formula is C16H12ClN3O. The number of Topliss-reactive ketones (excluding diaryl/α,β-unsaturated/α-hetero) is 1. The Bertz CT molecular complexity index is 833. The first-order valence-electron chi connectivity index (χ1n) is 6.42. The zero-order chi connectivity index (χ0) is 14.8. The number of nitrogens with zero attached hydrogens (tertiary/aromatic N) is 2. The van der Waals surface area contributed by atoms with Crippen molar-refractivity contribution in [3.05, 3.63) is 65.1 Å². The van der Waals surface area contributed by atoms with Gasteiger partial charge in [0.2, 0.25) is 0 Å². The number of carbonyl (C=O) groups is 1. The maximum Gasteiger partial charge on any atom is 0.185 e. The quantitative estimate of drug-likeness (QED) is 0.753. The van der Waals surface area contributed by atoms with E-state index >= 15 is 0 Å². The topological polar surface area (TPSA) is 68.9 Å². The third-order valence-electron chi connectivity index (χ3n) is 3.24. The first-order valence-corrected chi connectivity index (χ1v) is 6.80. The molecule has 0 saturated heterocycles. The Morgan fingerprint density at radius 2 is 2.05 bits per heavy atom. The van der Waals surface area contributed by atoms with Gasteiger partial charge in [0.1, 0.15) is 5.69 Å². The average Bonchev–Trinajstić information content (AvgIpc) is 2.49. The fraction of sp³-hybridized carbons (Fsp3) is 0.0625. The second-order valence-corrected chi connectivity index (χ2v) is 5.09. The van der Waals surface area contributed by atoms with Gasteiger partial charge >= 0.3 is 0 Å². The molecule has 0 unspecified atom stereocenters. The lowest BCUT2D eigenvalue weighted by Crippen LogP contribution is -2.08. The van der Waals surface area contributed by atoms with E-state index in [9.17, 15) is 4.79 Å². The molecule has 0 saturated carbocycles. The first kappa shape index (κ1) is 13.5. The number of aromatic nitrogens is 2. The van der Waals surface area contributed by atoms with Crippen LogP contribution in [0.2, 0.25) is 5.02 Å². The molecule has 3 aromatic rings. The summed E-state index contributed by atoms with van der Waals surface area (Å²) in [6, 6.07) is 10.8. The highest BCUT2D eigenvalue weighted by molar-refractivity contribution is 6.31. The summed E-state index contributed by atoms with van der Waals surface area (Å²) in [5.41, 5.74) is 8.32. The number of carbonyl (C=O) groups excluding carboxylic acids is 1. The summed E-state index contributed by atoms with van der Waals surface area (Å²) in [4.78, 5) is 20.6. The molecule has 0 amide bonds. The van der Waals surface area contributed by atoms with E-state index in [-0.39, 0.29) is 12.2 Å². The third-order valence-corrected chi connectivity index (χ3v) is 3.58. The van der Waals surface area contributed by atoms with Gasteiger partial charge in [-0.05, 0) is 23.8 Å². The lowest BCUT2D eigenvalue weighted by Gasteiger charge is -2.06. The van der Waals surface area contributed by atoms with E-state index in [0.717, 1.165) is 10.9 Å². The molecule has 0 spiro atoms. The molecule has 0 radical (unpaired) electrons. The van der Waals surface area contributed by atoms with Gasteiger partial charge in [-0.15, -0.1) is 0 Å². The number of halogens is 1. The fourth-order valence-electron chi connectivity index (χ4n) is 2.16. The number of fused-ring (bicyclic) bond motifs is 1. The predicted molar refractivity (Wildman–Crippen MR) is 83.4 cm³/mol. The third kappa shape index (κ3) is 2.71. The van der Waals surface area contributed by atoms with Gasteiger partial charge in [0.15, 0.2) is 5.78 Å². The molecule has 2 N–H and O–H groups in total. The van der Waals surface area contributed by atoms with Crippen molar-refractivity contribution in [2.24, 2.45) is 0 Å². The summed E-state index contributed by atoms with van der Waals surface area (Å²) in [6.07, 6.45) is 3.30. The van der Waals surface area contributed by atoms with Gasteiger partial charge in [-0.25, -0.2) is 4.98 Å². The number of rotatable bonds is 3. The normalized spacial score (nSPS) is 10.7. The molecule has 0 aliphatic heterocycles. The van der Waals surface area contributed by atoms with Gasteiger partial charge in [0.25, 0.3) is 0 Å². The summed E-state index contributed by atoms with van der Waals surface area (Å²) in [5.74, 6) is -0.124. The van der Waals surface area contributed by atoms with Gasteiger partial charge in [-0.2, -0.15) is 0 Å². The van der Waals surface area contributed by atoms with Crippen molar-refractivity contribution in [1.29, 1.82) is 0 Å². The molecule has 4 nitrogen and oxygen atoms in total. The SMILES string of the molecule is Nc1cc(C(=O)Cc2ccncc2Cl)nc2ccccc12. The molecule has 0 fully saturated rings. The van der Waals surface area contributed by atoms with E-state index in [1.54, 1.807) is 18.3 Å². The number of hydrogen-bond donors (Lipinski definition) is 1. The van der Waals surface area contributed by atoms with Gasteiger partial charge in [-0.3, -0.25) is 9.78 Å². The number of para-hydroxylation sites is 1. The van der Waals surface area contributed by atoms with Gasteiger partial charge in [-0.1, -0.05) is 29.8 Å². The second kappa shape index (κ2) is 5.50. The maximum absolute atomic E-state index is 12.4. The fourth-order valence-corrected chi connectivity index (χ4v) is 2.34. The van der Waals surface area contributed by atoms with Crippen LogP contribution in [0.1, 0.15) is 16.1 Å². The van der Waals surface area contributed by atoms with Crippen LogP contribution in [0.3, 0.4) is 0 Å². The Balaban J connectivity index is 1.97. The minimum absolute atomic E-state index is 0.124. The van der Waals surface area contributed by atoms with Crippen LogP contribution in [0.25, 0.3) is 10.9 Å². The van der Waals surface area contributed by atoms with E-state index < -0.39 is 0 Å². The van der Waals surface area contributed by atoms with Crippen LogP contribution in [0.15, 0.2) is 48.8 Å². The standard InChI is InChI=1S/C16H12ClN3O/c17-12-9-19-6-5-10(12)7-16(21)15-8-13(18)11-3-1-2-4-14(11)20-15/h1-6,8-9H,7H2,(H2,18,20). The van der Waals surface area contributed by atoms with Gasteiger partial charge < -0.3 is 5.73 Å². The second-order valence-electron chi connectivity index (χ2n) is 4.68. The molecule has 1 aromatic carbocycles. The highest BCUT2D eigenvalue weighted by atomic mass is 35.5. The molecule has 3 rings (SSSR count). The van der Waals surface area contributed by atoms with Crippen LogP contribution in [-0.4, -0.2) is 15.8 Å². The smallest absolute Gasteiger partial charge is 0.185 e. The van der Waals surface area contributed by atoms with Crippen molar-refractivity contribution >= 4 is 34.0 Å². The van der Waals surface area contributed by atoms with Crippen molar-refractivity contribution in [3.8, 4) is 0 Å². The minimum Gasteiger partial charge on any atom is -0.398 e. The van der Waals surface area contributed by atoms with E-state index in [1.807, 2.05) is 24.3 Å². The monoisotopic (exact) mass is 297 g/mol. The lowest BCUT2D eigenvalue weighted by atomic mass is 10.1. The zero-order valence-electron chi connectivity index (χ0n) is 11.1. The molecule has 5 heteroatoms. The van der Waals surface area contributed by atoms with E-state index in [1.165, 1.54) is 6.20 Å². The average molecular weight is 298 g/mol. The van der Waals surface area contributed by atoms with E-state index in [4.69, 9.17) is 17.3 Å². The van der Waals surface area contributed by atoms with Crippen molar-refractivity contribution in [2.75, 3.05) is 5.73 Å².